The fourth-order valence-electron chi connectivity index (χ4n) is 0.702. The van der Waals surface area contributed by atoms with E-state index in [1.165, 1.54) is 13.0 Å². The second-order valence-electron chi connectivity index (χ2n) is 2.22. The summed E-state index contributed by atoms with van der Waals surface area (Å²) in [6.07, 6.45) is 5.16. The van der Waals surface area contributed by atoms with Crippen LogP contribution in [0.1, 0.15) is 6.92 Å². The Kier molecular flexibility index (Phi) is 3.81. The number of rotatable bonds is 3. The quantitative estimate of drug-likeness (QED) is 0.350. The van der Waals surface area contributed by atoms with Gasteiger partial charge >= 0.3 is 0 Å². The summed E-state index contributed by atoms with van der Waals surface area (Å²) in [5.74, 6) is 1.46. The van der Waals surface area contributed by atoms with Gasteiger partial charge in [0.25, 0.3) is 0 Å². The largest absolute Gasteiger partial charge is 0.376 e. The summed E-state index contributed by atoms with van der Waals surface area (Å²) in [5.41, 5.74) is 5.49. The first-order valence-corrected chi connectivity index (χ1v) is 3.31. The zero-order valence-electron chi connectivity index (χ0n) is 6.87. The summed E-state index contributed by atoms with van der Waals surface area (Å²) in [6.45, 7) is 4.90. The monoisotopic (exact) mass is 165 g/mol. The molecule has 0 rings (SSSR count). The Labute approximate surface area is 71.6 Å². The van der Waals surface area contributed by atoms with Gasteiger partial charge in [-0.1, -0.05) is 18.6 Å². The van der Waals surface area contributed by atoms with Crippen LogP contribution in [0.25, 0.3) is 0 Å². The van der Waals surface area contributed by atoms with E-state index in [1.54, 1.807) is 0 Å². The molecular weight excluding hydrogens is 154 g/mol. The Morgan fingerprint density at radius 1 is 1.83 bits per heavy atom. The van der Waals surface area contributed by atoms with Gasteiger partial charge in [0.2, 0.25) is 5.91 Å². The Hall–Kier alpha value is -1.53. The van der Waals surface area contributed by atoms with Crippen molar-refractivity contribution in [3.8, 4) is 12.3 Å². The Morgan fingerprint density at radius 2 is 2.33 bits per heavy atom. The summed E-state index contributed by atoms with van der Waals surface area (Å²) in [5, 5.41) is 9.16. The predicted molar refractivity (Wildman–Crippen MR) is 46.9 cm³/mol. The topological polar surface area (TPSA) is 63.3 Å². The molecule has 3 N–H and O–H groups in total. The molecule has 0 saturated carbocycles. The van der Waals surface area contributed by atoms with Crippen molar-refractivity contribution >= 4 is 5.91 Å². The molecule has 0 aliphatic carbocycles. The maximum Gasteiger partial charge on any atom is 0.244 e. The first kappa shape index (κ1) is 10.5. The van der Waals surface area contributed by atoms with E-state index < -0.39 is 12.0 Å². The SMILES string of the molecule is C#CC(O)/C(C=C)=C(/C)C(N)=O. The molecule has 12 heavy (non-hydrogen) atoms. The summed E-state index contributed by atoms with van der Waals surface area (Å²) in [7, 11) is 0. The average molecular weight is 165 g/mol. The number of nitrogens with two attached hydrogens (primary N) is 1. The van der Waals surface area contributed by atoms with E-state index in [9.17, 15) is 4.79 Å². The average Bonchev–Trinajstić information content (AvgIpc) is 2.05. The van der Waals surface area contributed by atoms with Gasteiger partial charge in [0.05, 0.1) is 0 Å². The van der Waals surface area contributed by atoms with Crippen molar-refractivity contribution in [2.45, 2.75) is 13.0 Å². The van der Waals surface area contributed by atoms with Gasteiger partial charge < -0.3 is 10.8 Å². The van der Waals surface area contributed by atoms with Gasteiger partial charge in [0.1, 0.15) is 6.10 Å². The molecule has 3 heteroatoms. The lowest BCUT2D eigenvalue weighted by molar-refractivity contribution is -0.114. The van der Waals surface area contributed by atoms with Crippen molar-refractivity contribution in [1.82, 2.24) is 0 Å². The van der Waals surface area contributed by atoms with Gasteiger partial charge in [0.15, 0.2) is 0 Å². The normalized spacial score (nSPS) is 14.1. The number of hydrogen-bond acceptors (Lipinski definition) is 2. The lowest BCUT2D eigenvalue weighted by Gasteiger charge is -2.06. The molecule has 0 radical (unpaired) electrons. The first-order valence-electron chi connectivity index (χ1n) is 3.31. The molecule has 0 aromatic heterocycles. The maximum atomic E-state index is 10.7. The zero-order valence-corrected chi connectivity index (χ0v) is 6.87. The summed E-state index contributed by atoms with van der Waals surface area (Å²) >= 11 is 0. The fraction of sp³-hybridized carbons (Fsp3) is 0.222. The molecular formula is C9H11NO2. The van der Waals surface area contributed by atoms with Gasteiger partial charge in [-0.15, -0.1) is 6.42 Å². The third kappa shape index (κ3) is 2.26. The molecule has 0 aromatic carbocycles. The molecule has 0 aliphatic rings. The second-order valence-corrected chi connectivity index (χ2v) is 2.22. The van der Waals surface area contributed by atoms with Crippen molar-refractivity contribution in [3.63, 3.8) is 0 Å². The molecule has 64 valence electrons. The summed E-state index contributed by atoms with van der Waals surface area (Å²) < 4.78 is 0. The molecule has 0 saturated heterocycles. The van der Waals surface area contributed by atoms with Crippen LogP contribution in [0.2, 0.25) is 0 Å². The van der Waals surface area contributed by atoms with Crippen LogP contribution in [0.5, 0.6) is 0 Å². The van der Waals surface area contributed by atoms with E-state index in [1.807, 2.05) is 0 Å². The van der Waals surface area contributed by atoms with E-state index >= 15 is 0 Å². The molecule has 1 amide bonds. The molecule has 1 unspecified atom stereocenters. The molecule has 0 bridgehead atoms. The van der Waals surface area contributed by atoms with Crippen molar-refractivity contribution < 1.29 is 9.90 Å². The van der Waals surface area contributed by atoms with Crippen LogP contribution in [0, 0.1) is 12.3 Å². The van der Waals surface area contributed by atoms with Crippen LogP contribution in [-0.4, -0.2) is 17.1 Å². The molecule has 0 aromatic rings. The highest BCUT2D eigenvalue weighted by Gasteiger charge is 2.10. The molecule has 0 fully saturated rings. The maximum absolute atomic E-state index is 10.7. The summed E-state index contributed by atoms with van der Waals surface area (Å²) in [4.78, 5) is 10.7. The minimum absolute atomic E-state index is 0.232. The van der Waals surface area contributed by atoms with Gasteiger partial charge in [-0.25, -0.2) is 0 Å². The number of amides is 1. The number of terminal acetylenes is 1. The lowest BCUT2D eigenvalue weighted by atomic mass is 10.0. The molecule has 0 aliphatic heterocycles. The number of carbonyl (C=O) groups is 1. The van der Waals surface area contributed by atoms with Crippen LogP contribution < -0.4 is 5.73 Å². The van der Waals surface area contributed by atoms with Gasteiger partial charge in [0, 0.05) is 11.1 Å². The standard InChI is InChI=1S/C9H11NO2/c1-4-7(8(11)5-2)6(3)9(10)12/h2,4,8,11H,1H2,3H3,(H2,10,12)/b7-6-. The number of primary amides is 1. The first-order chi connectivity index (χ1) is 5.54. The van der Waals surface area contributed by atoms with Crippen molar-refractivity contribution in [2.24, 2.45) is 5.73 Å². The highest BCUT2D eigenvalue weighted by Crippen LogP contribution is 2.09. The van der Waals surface area contributed by atoms with Gasteiger partial charge in [-0.05, 0) is 6.92 Å². The number of aliphatic hydroxyl groups excluding tert-OH is 1. The summed E-state index contributed by atoms with van der Waals surface area (Å²) in [6, 6.07) is 0. The third-order valence-corrected chi connectivity index (χ3v) is 1.47. The van der Waals surface area contributed by atoms with Crippen LogP contribution in [-0.2, 0) is 4.79 Å². The second kappa shape index (κ2) is 4.37. The van der Waals surface area contributed by atoms with Crippen molar-refractivity contribution in [1.29, 1.82) is 0 Å². The molecule has 0 spiro atoms. The van der Waals surface area contributed by atoms with Crippen LogP contribution >= 0.6 is 0 Å². The molecule has 1 atom stereocenters. The Bertz CT molecular complexity index is 271. The highest BCUT2D eigenvalue weighted by atomic mass is 16.3. The van der Waals surface area contributed by atoms with Gasteiger partial charge in [-0.3, -0.25) is 4.79 Å². The predicted octanol–water partition coefficient (Wildman–Crippen LogP) is -0.0317. The van der Waals surface area contributed by atoms with E-state index in [0.29, 0.717) is 0 Å². The van der Waals surface area contributed by atoms with E-state index in [0.717, 1.165) is 0 Å². The molecule has 0 heterocycles. The number of hydrogen-bond donors (Lipinski definition) is 2. The van der Waals surface area contributed by atoms with E-state index in [-0.39, 0.29) is 11.1 Å². The third-order valence-electron chi connectivity index (χ3n) is 1.47. The minimum Gasteiger partial charge on any atom is -0.376 e. The van der Waals surface area contributed by atoms with Crippen LogP contribution in [0.4, 0.5) is 0 Å². The van der Waals surface area contributed by atoms with Crippen molar-refractivity contribution in [2.75, 3.05) is 0 Å². The van der Waals surface area contributed by atoms with Crippen molar-refractivity contribution in [3.05, 3.63) is 23.8 Å². The zero-order chi connectivity index (χ0) is 9.72. The number of aliphatic hydroxyl groups is 1. The van der Waals surface area contributed by atoms with E-state index in [2.05, 4.69) is 12.5 Å². The lowest BCUT2D eigenvalue weighted by Crippen LogP contribution is -2.17. The van der Waals surface area contributed by atoms with Crippen LogP contribution in [0.15, 0.2) is 23.8 Å². The van der Waals surface area contributed by atoms with E-state index in [4.69, 9.17) is 17.3 Å². The smallest absolute Gasteiger partial charge is 0.244 e. The minimum atomic E-state index is -1.12. The van der Waals surface area contributed by atoms with Crippen LogP contribution in [0.3, 0.4) is 0 Å². The number of carbonyl (C=O) groups excluding carboxylic acids is 1. The fourth-order valence-corrected chi connectivity index (χ4v) is 0.702. The molecule has 3 nitrogen and oxygen atoms in total. The Morgan fingerprint density at radius 3 is 2.58 bits per heavy atom. The van der Waals surface area contributed by atoms with Gasteiger partial charge in [-0.2, -0.15) is 0 Å². The Balaban J connectivity index is 5.02. The highest BCUT2D eigenvalue weighted by molar-refractivity contribution is 5.92.